The molecular formula is C25H30F6N4O7S2. The van der Waals surface area contributed by atoms with Crippen molar-refractivity contribution < 1.29 is 62.1 Å². The number of unbranched alkanes of at least 4 members (excludes halogenated alkanes) is 5. The molecule has 1 N–H and O–H groups in total. The topological polar surface area (TPSA) is 154 Å². The Kier molecular flexibility index (Phi) is 15.5. The third-order valence-corrected chi connectivity index (χ3v) is 8.13. The monoisotopic (exact) mass is 676 g/mol. The highest BCUT2D eigenvalue weighted by molar-refractivity contribution is 8.13. The van der Waals surface area contributed by atoms with Crippen LogP contribution in [0, 0.1) is 0 Å². The number of aromatic nitrogens is 1. The predicted octanol–water partition coefficient (Wildman–Crippen LogP) is 6.15. The molecule has 0 radical (unpaired) electrons. The lowest BCUT2D eigenvalue weighted by Gasteiger charge is -2.22. The number of aryl methyl sites for hydroxylation is 1. The van der Waals surface area contributed by atoms with Crippen molar-refractivity contribution in [2.45, 2.75) is 69.4 Å². The van der Waals surface area contributed by atoms with Crippen LogP contribution in [0.2, 0.25) is 0 Å². The zero-order valence-corrected chi connectivity index (χ0v) is 24.9. The number of amides is 1. The molecular weight excluding hydrogens is 646 g/mol. The largest absolute Gasteiger partial charge is 0.480 e. The Balaban J connectivity index is 0.000000546. The van der Waals surface area contributed by atoms with Crippen LogP contribution < -0.4 is 9.88 Å². The first-order valence-electron chi connectivity index (χ1n) is 12.9. The number of carbonyl (C=O) groups is 1. The number of nitrogens with one attached hydrogen (secondary N) is 1. The van der Waals surface area contributed by atoms with Gasteiger partial charge >= 0.3 is 17.1 Å². The van der Waals surface area contributed by atoms with Gasteiger partial charge in [-0.2, -0.15) is 31.3 Å². The van der Waals surface area contributed by atoms with Gasteiger partial charge in [-0.15, -0.1) is 0 Å². The molecule has 2 aromatic rings. The number of ether oxygens (including phenoxy) is 1. The average Bonchev–Trinajstić information content (AvgIpc) is 2.91. The highest BCUT2D eigenvalue weighted by Crippen LogP contribution is 2.36. The SMILES string of the molecule is CCCCCCCCc1ccc[n+](CCOC(=O)Nc2ccc(N=C=O)cc2)c1.O=S(=O)([N-]S(=O)(=O)C(F)(F)F)C(F)(F)F. The summed E-state index contributed by atoms with van der Waals surface area (Å²) in [5, 5.41) is 2.65. The second-order valence-electron chi connectivity index (χ2n) is 8.89. The first-order valence-corrected chi connectivity index (χ1v) is 15.8. The first-order chi connectivity index (χ1) is 20.4. The van der Waals surface area contributed by atoms with Crippen LogP contribution in [0.4, 0.5) is 42.5 Å². The number of halogens is 6. The minimum Gasteiger partial charge on any atom is -0.443 e. The summed E-state index contributed by atoms with van der Waals surface area (Å²) in [6.07, 6.45) is 13.9. The number of rotatable bonds is 14. The average molecular weight is 677 g/mol. The molecule has 0 bridgehead atoms. The smallest absolute Gasteiger partial charge is 0.443 e. The van der Waals surface area contributed by atoms with Crippen LogP contribution in [0.25, 0.3) is 4.13 Å². The van der Waals surface area contributed by atoms with Crippen molar-refractivity contribution in [3.8, 4) is 0 Å². The molecule has 11 nitrogen and oxygen atoms in total. The van der Waals surface area contributed by atoms with Gasteiger partial charge in [-0.05, 0) is 43.2 Å². The van der Waals surface area contributed by atoms with E-state index in [1.807, 2.05) is 16.8 Å². The number of alkyl halides is 6. The van der Waals surface area contributed by atoms with E-state index in [1.165, 1.54) is 50.2 Å². The standard InChI is InChI=1S/C23H29N3O3.C2F6NO4S2/c1-2-3-4-5-6-7-9-20-10-8-15-26(18-20)16-17-29-23(28)25-22-13-11-21(12-14-22)24-19-27;3-1(4,5)14(10,11)9-15(12,13)2(6,7)8/h8,10-15,18H,2-7,9,16-17H2,1H3;/q;-1/p+1. The Bertz CT molecular complexity index is 1420. The second-order valence-corrected chi connectivity index (χ2v) is 12.3. The molecule has 1 aromatic carbocycles. The van der Waals surface area contributed by atoms with Gasteiger partial charge in [0.15, 0.2) is 45.6 Å². The lowest BCUT2D eigenvalue weighted by Crippen LogP contribution is -2.36. The fourth-order valence-corrected chi connectivity index (χ4v) is 4.97. The van der Waals surface area contributed by atoms with Gasteiger partial charge in [-0.1, -0.05) is 39.0 Å². The van der Waals surface area contributed by atoms with Crippen molar-refractivity contribution in [2.24, 2.45) is 4.99 Å². The summed E-state index contributed by atoms with van der Waals surface area (Å²) >= 11 is 0. The number of hydrogen-bond acceptors (Lipinski definition) is 8. The fraction of sp³-hybridized carbons (Fsp3) is 0.480. The molecule has 0 aliphatic rings. The zero-order valence-electron chi connectivity index (χ0n) is 23.3. The Labute approximate surface area is 250 Å². The molecule has 1 heterocycles. The molecule has 1 aromatic heterocycles. The van der Waals surface area contributed by atoms with Crippen molar-refractivity contribution in [3.05, 3.63) is 58.5 Å². The van der Waals surface area contributed by atoms with Crippen molar-refractivity contribution in [1.82, 2.24) is 0 Å². The van der Waals surface area contributed by atoms with Gasteiger partial charge < -0.3 is 8.86 Å². The van der Waals surface area contributed by atoms with Gasteiger partial charge in [0.05, 0.1) is 5.69 Å². The summed E-state index contributed by atoms with van der Waals surface area (Å²) < 4.78 is 116. The van der Waals surface area contributed by atoms with Crippen LogP contribution >= 0.6 is 0 Å². The summed E-state index contributed by atoms with van der Waals surface area (Å²) in [5.74, 6) is 0. The van der Waals surface area contributed by atoms with Gasteiger partial charge in [-0.3, -0.25) is 5.32 Å². The summed E-state index contributed by atoms with van der Waals surface area (Å²) in [6.45, 7) is 3.12. The number of carbonyl (C=O) groups excluding carboxylic acids is 2. The Morgan fingerprint density at radius 2 is 1.50 bits per heavy atom. The number of pyridine rings is 1. The molecule has 0 unspecified atom stereocenters. The first kappa shape index (κ1) is 38.5. The number of benzene rings is 1. The van der Waals surface area contributed by atoms with E-state index >= 15 is 0 Å². The van der Waals surface area contributed by atoms with Crippen LogP contribution in [0.5, 0.6) is 0 Å². The van der Waals surface area contributed by atoms with Crippen molar-refractivity contribution in [1.29, 1.82) is 0 Å². The minimum atomic E-state index is -6.72. The van der Waals surface area contributed by atoms with Crippen molar-refractivity contribution in [3.63, 3.8) is 0 Å². The fourth-order valence-electron chi connectivity index (χ4n) is 3.26. The molecule has 0 aliphatic carbocycles. The van der Waals surface area contributed by atoms with Crippen LogP contribution in [0.1, 0.15) is 51.0 Å². The van der Waals surface area contributed by atoms with Gasteiger partial charge in [-0.25, -0.2) is 31.0 Å². The Hall–Kier alpha value is -3.54. The third-order valence-electron chi connectivity index (χ3n) is 5.39. The van der Waals surface area contributed by atoms with Crippen LogP contribution in [-0.2, 0) is 42.5 Å². The highest BCUT2D eigenvalue weighted by atomic mass is 32.3. The lowest BCUT2D eigenvalue weighted by atomic mass is 10.1. The van der Waals surface area contributed by atoms with Crippen LogP contribution in [-0.4, -0.2) is 46.6 Å². The maximum Gasteiger partial charge on any atom is 0.480 e. The number of isocyanates is 1. The molecule has 0 atom stereocenters. The number of aliphatic imine (C=N–C) groups is 1. The maximum absolute atomic E-state index is 11.9. The molecule has 0 saturated carbocycles. The van der Waals surface area contributed by atoms with Crippen molar-refractivity contribution in [2.75, 3.05) is 11.9 Å². The third kappa shape index (κ3) is 14.3. The van der Waals surface area contributed by atoms with E-state index in [-0.39, 0.29) is 6.61 Å². The number of hydrogen-bond donors (Lipinski definition) is 1. The molecule has 2 rings (SSSR count). The molecule has 0 fully saturated rings. The van der Waals surface area contributed by atoms with Gasteiger partial charge in [0.25, 0.3) is 0 Å². The Morgan fingerprint density at radius 1 is 0.932 bits per heavy atom. The molecule has 0 aliphatic heterocycles. The summed E-state index contributed by atoms with van der Waals surface area (Å²) in [6, 6.07) is 10.7. The number of nitrogens with zero attached hydrogens (tertiary/aromatic N) is 3. The Morgan fingerprint density at radius 3 is 2.05 bits per heavy atom. The number of anilines is 1. The predicted molar refractivity (Wildman–Crippen MR) is 146 cm³/mol. The van der Waals surface area contributed by atoms with E-state index in [9.17, 15) is 52.8 Å². The van der Waals surface area contributed by atoms with Crippen LogP contribution in [0.15, 0.2) is 53.8 Å². The summed E-state index contributed by atoms with van der Waals surface area (Å²) in [5.41, 5.74) is -10.0. The molecule has 0 spiro atoms. The van der Waals surface area contributed by atoms with E-state index in [0.29, 0.717) is 17.9 Å². The molecule has 1 amide bonds. The van der Waals surface area contributed by atoms with E-state index in [0.717, 1.165) is 10.5 Å². The normalized spacial score (nSPS) is 12.0. The van der Waals surface area contributed by atoms with Crippen molar-refractivity contribution >= 4 is 43.6 Å². The molecule has 246 valence electrons. The quantitative estimate of drug-likeness (QED) is 0.0828. The number of sulfonamides is 2. The van der Waals surface area contributed by atoms with Gasteiger partial charge in [0.1, 0.15) is 0 Å². The van der Waals surface area contributed by atoms with E-state index in [1.54, 1.807) is 24.3 Å². The van der Waals surface area contributed by atoms with E-state index in [4.69, 9.17) is 4.74 Å². The van der Waals surface area contributed by atoms with E-state index in [2.05, 4.69) is 29.5 Å². The summed E-state index contributed by atoms with van der Waals surface area (Å²) in [7, 11) is -13.4. The molecule has 0 saturated heterocycles. The molecule has 19 heteroatoms. The summed E-state index contributed by atoms with van der Waals surface area (Å²) in [4.78, 5) is 25.6. The highest BCUT2D eigenvalue weighted by Gasteiger charge is 2.46. The van der Waals surface area contributed by atoms with Crippen LogP contribution in [0.3, 0.4) is 0 Å². The second kappa shape index (κ2) is 17.7. The van der Waals surface area contributed by atoms with Gasteiger partial charge in [0.2, 0.25) is 6.08 Å². The van der Waals surface area contributed by atoms with E-state index < -0.39 is 37.2 Å². The lowest BCUT2D eigenvalue weighted by molar-refractivity contribution is -0.698. The zero-order chi connectivity index (χ0) is 33.4. The maximum atomic E-state index is 11.9. The molecule has 44 heavy (non-hydrogen) atoms. The van der Waals surface area contributed by atoms with Gasteiger partial charge in [0, 0.05) is 17.3 Å². The minimum absolute atomic E-state index is 0.282.